The van der Waals surface area contributed by atoms with Crippen LogP contribution in [0.15, 0.2) is 36.5 Å². The molecule has 0 spiro atoms. The SMILES string of the molecule is CNC(=O)c1cc2c(cc1OC)CCN(C=O)C2CCc1c[nH]c2ccc(OC)cc12. The monoisotopic (exact) mass is 421 g/mol. The van der Waals surface area contributed by atoms with Crippen molar-refractivity contribution >= 4 is 23.2 Å². The molecule has 1 aliphatic rings. The summed E-state index contributed by atoms with van der Waals surface area (Å²) in [6.07, 6.45) is 5.19. The molecular weight excluding hydrogens is 394 g/mol. The third-order valence-electron chi connectivity index (χ3n) is 6.13. The van der Waals surface area contributed by atoms with Gasteiger partial charge in [0.2, 0.25) is 6.41 Å². The standard InChI is InChI=1S/C24H27N3O4/c1-25-24(29)20-12-19-15(10-23(20)31-3)8-9-27(14-28)22(19)7-4-16-13-26-21-6-5-17(30-2)11-18(16)21/h5-6,10-14,22,26H,4,7-9H2,1-3H3,(H,25,29). The van der Waals surface area contributed by atoms with Crippen molar-refractivity contribution in [2.75, 3.05) is 27.8 Å². The summed E-state index contributed by atoms with van der Waals surface area (Å²) in [5.74, 6) is 1.17. The summed E-state index contributed by atoms with van der Waals surface area (Å²) in [7, 11) is 4.83. The van der Waals surface area contributed by atoms with Crippen LogP contribution in [0, 0.1) is 0 Å². The molecule has 31 heavy (non-hydrogen) atoms. The summed E-state index contributed by atoms with van der Waals surface area (Å²) in [5, 5.41) is 3.79. The Bertz CT molecular complexity index is 1120. The van der Waals surface area contributed by atoms with E-state index in [0.717, 1.165) is 53.5 Å². The fourth-order valence-corrected chi connectivity index (χ4v) is 4.46. The lowest BCUT2D eigenvalue weighted by Crippen LogP contribution is -2.35. The number of rotatable bonds is 7. The van der Waals surface area contributed by atoms with Gasteiger partial charge in [-0.25, -0.2) is 0 Å². The van der Waals surface area contributed by atoms with Gasteiger partial charge in [-0.15, -0.1) is 0 Å². The lowest BCUT2D eigenvalue weighted by Gasteiger charge is -2.35. The van der Waals surface area contributed by atoms with Crippen molar-refractivity contribution in [2.45, 2.75) is 25.3 Å². The van der Waals surface area contributed by atoms with E-state index in [1.165, 1.54) is 5.56 Å². The number of ether oxygens (including phenoxy) is 2. The predicted molar refractivity (Wildman–Crippen MR) is 119 cm³/mol. The fraction of sp³-hybridized carbons (Fsp3) is 0.333. The highest BCUT2D eigenvalue weighted by Crippen LogP contribution is 2.37. The van der Waals surface area contributed by atoms with E-state index in [9.17, 15) is 9.59 Å². The topological polar surface area (TPSA) is 83.7 Å². The summed E-state index contributed by atoms with van der Waals surface area (Å²) in [5.41, 5.74) is 4.84. The largest absolute Gasteiger partial charge is 0.497 e. The summed E-state index contributed by atoms with van der Waals surface area (Å²) in [4.78, 5) is 29.4. The van der Waals surface area contributed by atoms with Gasteiger partial charge in [0, 0.05) is 30.7 Å². The van der Waals surface area contributed by atoms with Crippen LogP contribution in [0.2, 0.25) is 0 Å². The van der Waals surface area contributed by atoms with E-state index >= 15 is 0 Å². The minimum Gasteiger partial charge on any atom is -0.497 e. The minimum atomic E-state index is -0.203. The average molecular weight is 421 g/mol. The Kier molecular flexibility index (Phi) is 5.84. The molecular formula is C24H27N3O4. The van der Waals surface area contributed by atoms with E-state index in [2.05, 4.69) is 10.3 Å². The first-order valence-corrected chi connectivity index (χ1v) is 10.4. The van der Waals surface area contributed by atoms with Gasteiger partial charge in [-0.1, -0.05) is 0 Å². The van der Waals surface area contributed by atoms with E-state index in [0.29, 0.717) is 17.9 Å². The molecule has 2 heterocycles. The number of aromatic amines is 1. The first kappa shape index (κ1) is 20.8. The van der Waals surface area contributed by atoms with E-state index in [1.54, 1.807) is 21.3 Å². The number of carbonyl (C=O) groups excluding carboxylic acids is 2. The number of nitrogens with one attached hydrogen (secondary N) is 2. The molecule has 162 valence electrons. The maximum Gasteiger partial charge on any atom is 0.254 e. The van der Waals surface area contributed by atoms with E-state index in [-0.39, 0.29) is 11.9 Å². The molecule has 1 aromatic heterocycles. The smallest absolute Gasteiger partial charge is 0.254 e. The molecule has 1 atom stereocenters. The molecule has 3 aromatic rings. The van der Waals surface area contributed by atoms with Crippen LogP contribution in [-0.4, -0.2) is 50.0 Å². The summed E-state index contributed by atoms with van der Waals surface area (Å²) in [6, 6.07) is 9.68. The van der Waals surface area contributed by atoms with E-state index in [4.69, 9.17) is 9.47 Å². The van der Waals surface area contributed by atoms with Gasteiger partial charge in [-0.05, 0) is 66.3 Å². The number of amides is 2. The van der Waals surface area contributed by atoms with Crippen molar-refractivity contribution < 1.29 is 19.1 Å². The average Bonchev–Trinajstić information content (AvgIpc) is 3.22. The Morgan fingerprint density at radius 1 is 1.26 bits per heavy atom. The van der Waals surface area contributed by atoms with Crippen LogP contribution in [0.1, 0.15) is 39.5 Å². The normalized spacial score (nSPS) is 15.5. The lowest BCUT2D eigenvalue weighted by molar-refractivity contribution is -0.120. The lowest BCUT2D eigenvalue weighted by atomic mass is 9.87. The van der Waals surface area contributed by atoms with Crippen molar-refractivity contribution in [1.29, 1.82) is 0 Å². The second kappa shape index (κ2) is 8.71. The van der Waals surface area contributed by atoms with Crippen LogP contribution >= 0.6 is 0 Å². The van der Waals surface area contributed by atoms with Gasteiger partial charge in [-0.3, -0.25) is 9.59 Å². The second-order valence-corrected chi connectivity index (χ2v) is 7.70. The molecule has 7 nitrogen and oxygen atoms in total. The third-order valence-corrected chi connectivity index (χ3v) is 6.13. The van der Waals surface area contributed by atoms with Crippen molar-refractivity contribution in [3.8, 4) is 11.5 Å². The molecule has 0 aliphatic carbocycles. The molecule has 2 aromatic carbocycles. The molecule has 1 aliphatic heterocycles. The quantitative estimate of drug-likeness (QED) is 0.574. The highest BCUT2D eigenvalue weighted by molar-refractivity contribution is 5.97. The maximum absolute atomic E-state index is 12.4. The van der Waals surface area contributed by atoms with E-state index in [1.807, 2.05) is 41.4 Å². The van der Waals surface area contributed by atoms with Gasteiger partial charge in [0.25, 0.3) is 5.91 Å². The summed E-state index contributed by atoms with van der Waals surface area (Å²) < 4.78 is 10.8. The van der Waals surface area contributed by atoms with Crippen LogP contribution in [0.5, 0.6) is 11.5 Å². The molecule has 0 fully saturated rings. The van der Waals surface area contributed by atoms with Gasteiger partial charge in [-0.2, -0.15) is 0 Å². The van der Waals surface area contributed by atoms with Crippen molar-refractivity contribution in [3.63, 3.8) is 0 Å². The van der Waals surface area contributed by atoms with Crippen molar-refractivity contribution in [3.05, 3.63) is 58.8 Å². The summed E-state index contributed by atoms with van der Waals surface area (Å²) >= 11 is 0. The van der Waals surface area contributed by atoms with Crippen LogP contribution in [0.4, 0.5) is 0 Å². The Labute approximate surface area is 181 Å². The van der Waals surface area contributed by atoms with Crippen molar-refractivity contribution in [2.24, 2.45) is 0 Å². The number of fused-ring (bicyclic) bond motifs is 2. The third kappa shape index (κ3) is 3.83. The Morgan fingerprint density at radius 3 is 2.81 bits per heavy atom. The second-order valence-electron chi connectivity index (χ2n) is 7.70. The highest BCUT2D eigenvalue weighted by atomic mass is 16.5. The molecule has 0 saturated heterocycles. The van der Waals surface area contributed by atoms with Gasteiger partial charge < -0.3 is 24.7 Å². The first-order valence-electron chi connectivity index (χ1n) is 10.4. The molecule has 0 radical (unpaired) electrons. The zero-order valence-corrected chi connectivity index (χ0v) is 18.0. The fourth-order valence-electron chi connectivity index (χ4n) is 4.46. The summed E-state index contributed by atoms with van der Waals surface area (Å²) in [6.45, 7) is 0.644. The molecule has 0 bridgehead atoms. The van der Waals surface area contributed by atoms with Gasteiger partial charge in [0.1, 0.15) is 11.5 Å². The van der Waals surface area contributed by atoms with Crippen LogP contribution < -0.4 is 14.8 Å². The number of carbonyl (C=O) groups is 2. The Hall–Kier alpha value is -3.48. The molecule has 2 N–H and O–H groups in total. The molecule has 2 amide bonds. The molecule has 7 heteroatoms. The number of nitrogens with zero attached hydrogens (tertiary/aromatic N) is 1. The van der Waals surface area contributed by atoms with Crippen molar-refractivity contribution in [1.82, 2.24) is 15.2 Å². The number of H-pyrrole nitrogens is 1. The number of hydrogen-bond acceptors (Lipinski definition) is 4. The minimum absolute atomic E-state index is 0.105. The number of benzene rings is 2. The predicted octanol–water partition coefficient (Wildman–Crippen LogP) is 3.23. The Morgan fingerprint density at radius 2 is 2.10 bits per heavy atom. The maximum atomic E-state index is 12.4. The zero-order valence-electron chi connectivity index (χ0n) is 18.0. The number of methoxy groups -OCH3 is 2. The number of aromatic nitrogens is 1. The van der Waals surface area contributed by atoms with Gasteiger partial charge >= 0.3 is 0 Å². The highest BCUT2D eigenvalue weighted by Gasteiger charge is 2.29. The van der Waals surface area contributed by atoms with Crippen LogP contribution in [0.3, 0.4) is 0 Å². The zero-order chi connectivity index (χ0) is 22.0. The molecule has 4 rings (SSSR count). The van der Waals surface area contributed by atoms with E-state index < -0.39 is 0 Å². The van der Waals surface area contributed by atoms with Crippen LogP contribution in [0.25, 0.3) is 10.9 Å². The van der Waals surface area contributed by atoms with Gasteiger partial charge in [0.05, 0.1) is 25.8 Å². The number of aryl methyl sites for hydroxylation is 1. The first-order chi connectivity index (χ1) is 15.1. The van der Waals surface area contributed by atoms with Gasteiger partial charge in [0.15, 0.2) is 0 Å². The van der Waals surface area contributed by atoms with Crippen LogP contribution in [-0.2, 0) is 17.6 Å². The Balaban J connectivity index is 1.68. The molecule has 1 unspecified atom stereocenters. The molecule has 0 saturated carbocycles. The number of hydrogen-bond donors (Lipinski definition) is 2.